The van der Waals surface area contributed by atoms with Crippen molar-refractivity contribution < 1.29 is 9.50 Å². The normalized spacial score (nSPS) is 15.0. The standard InChI is InChI=1S/C14H22FNO/c1-10(2)14(4,17)9-16-8-12-5-6-13(15)11(3)7-12/h5-7,10,16-17H,8-9H2,1-4H3. The third-order valence-electron chi connectivity index (χ3n) is 3.28. The van der Waals surface area contributed by atoms with Gasteiger partial charge in [0.2, 0.25) is 0 Å². The summed E-state index contributed by atoms with van der Waals surface area (Å²) in [6, 6.07) is 5.07. The van der Waals surface area contributed by atoms with E-state index in [-0.39, 0.29) is 11.7 Å². The maximum Gasteiger partial charge on any atom is 0.126 e. The van der Waals surface area contributed by atoms with Crippen LogP contribution >= 0.6 is 0 Å². The molecule has 2 nitrogen and oxygen atoms in total. The molecule has 2 N–H and O–H groups in total. The summed E-state index contributed by atoms with van der Waals surface area (Å²) in [6.45, 7) is 8.72. The van der Waals surface area contributed by atoms with Crippen molar-refractivity contribution in [3.8, 4) is 0 Å². The molecule has 0 saturated carbocycles. The number of aliphatic hydroxyl groups is 1. The molecule has 0 aromatic heterocycles. The number of benzene rings is 1. The summed E-state index contributed by atoms with van der Waals surface area (Å²) in [5.74, 6) is 0.0212. The highest BCUT2D eigenvalue weighted by Gasteiger charge is 2.23. The van der Waals surface area contributed by atoms with Crippen LogP contribution < -0.4 is 5.32 Å². The smallest absolute Gasteiger partial charge is 0.126 e. The Morgan fingerprint density at radius 1 is 1.41 bits per heavy atom. The molecule has 0 aliphatic carbocycles. The van der Waals surface area contributed by atoms with E-state index in [1.807, 2.05) is 26.8 Å². The van der Waals surface area contributed by atoms with Crippen molar-refractivity contribution in [3.05, 3.63) is 35.1 Å². The van der Waals surface area contributed by atoms with Crippen molar-refractivity contribution in [1.82, 2.24) is 5.32 Å². The Hall–Kier alpha value is -0.930. The average Bonchev–Trinajstić information content (AvgIpc) is 2.23. The van der Waals surface area contributed by atoms with E-state index in [0.717, 1.165) is 5.56 Å². The molecule has 96 valence electrons. The molecule has 0 bridgehead atoms. The second-order valence-electron chi connectivity index (χ2n) is 5.20. The number of hydrogen-bond acceptors (Lipinski definition) is 2. The summed E-state index contributed by atoms with van der Waals surface area (Å²) in [5, 5.41) is 13.2. The zero-order valence-corrected chi connectivity index (χ0v) is 11.0. The lowest BCUT2D eigenvalue weighted by Crippen LogP contribution is -2.41. The molecule has 0 amide bonds. The molecule has 0 spiro atoms. The zero-order chi connectivity index (χ0) is 13.1. The van der Waals surface area contributed by atoms with E-state index < -0.39 is 5.60 Å². The minimum Gasteiger partial charge on any atom is -0.389 e. The summed E-state index contributed by atoms with van der Waals surface area (Å²) in [5.41, 5.74) is 0.970. The van der Waals surface area contributed by atoms with Crippen LogP contribution in [0.25, 0.3) is 0 Å². The summed E-state index contributed by atoms with van der Waals surface area (Å²) in [4.78, 5) is 0. The summed E-state index contributed by atoms with van der Waals surface area (Å²) in [6.07, 6.45) is 0. The van der Waals surface area contributed by atoms with Gasteiger partial charge in [-0.2, -0.15) is 0 Å². The van der Waals surface area contributed by atoms with Crippen molar-refractivity contribution in [2.75, 3.05) is 6.54 Å². The third-order valence-corrected chi connectivity index (χ3v) is 3.28. The topological polar surface area (TPSA) is 32.3 Å². The molecule has 0 saturated heterocycles. The number of nitrogens with one attached hydrogen (secondary N) is 1. The van der Waals surface area contributed by atoms with E-state index in [1.165, 1.54) is 6.07 Å². The van der Waals surface area contributed by atoms with E-state index >= 15 is 0 Å². The van der Waals surface area contributed by atoms with Crippen LogP contribution in [0.2, 0.25) is 0 Å². The van der Waals surface area contributed by atoms with Gasteiger partial charge in [0.05, 0.1) is 5.60 Å². The van der Waals surface area contributed by atoms with Gasteiger partial charge in [-0.1, -0.05) is 26.0 Å². The molecule has 1 aromatic rings. The largest absolute Gasteiger partial charge is 0.389 e. The van der Waals surface area contributed by atoms with E-state index in [2.05, 4.69) is 5.32 Å². The Labute approximate surface area is 103 Å². The molecule has 0 aliphatic heterocycles. The van der Waals surface area contributed by atoms with Gasteiger partial charge in [-0.05, 0) is 37.0 Å². The van der Waals surface area contributed by atoms with Crippen molar-refractivity contribution in [1.29, 1.82) is 0 Å². The maximum atomic E-state index is 13.1. The Balaban J connectivity index is 2.49. The van der Waals surface area contributed by atoms with Gasteiger partial charge in [-0.15, -0.1) is 0 Å². The minimum atomic E-state index is -0.713. The molecular weight excluding hydrogens is 217 g/mol. The Bertz CT molecular complexity index is 374. The zero-order valence-electron chi connectivity index (χ0n) is 11.0. The highest BCUT2D eigenvalue weighted by atomic mass is 19.1. The van der Waals surface area contributed by atoms with Crippen LogP contribution in [0.4, 0.5) is 4.39 Å². The third kappa shape index (κ3) is 4.10. The van der Waals surface area contributed by atoms with Gasteiger partial charge in [0.1, 0.15) is 5.82 Å². The first-order valence-corrected chi connectivity index (χ1v) is 6.01. The predicted molar refractivity (Wildman–Crippen MR) is 68.3 cm³/mol. The molecule has 17 heavy (non-hydrogen) atoms. The molecule has 0 aliphatic rings. The Kier molecular flexibility index (Phi) is 4.66. The van der Waals surface area contributed by atoms with Gasteiger partial charge < -0.3 is 10.4 Å². The van der Waals surface area contributed by atoms with Gasteiger partial charge in [0, 0.05) is 13.1 Å². The van der Waals surface area contributed by atoms with Crippen LogP contribution in [0, 0.1) is 18.7 Å². The lowest BCUT2D eigenvalue weighted by molar-refractivity contribution is 0.0140. The van der Waals surface area contributed by atoms with Crippen LogP contribution in [0.3, 0.4) is 0 Å². The number of rotatable bonds is 5. The highest BCUT2D eigenvalue weighted by Crippen LogP contribution is 2.15. The maximum absolute atomic E-state index is 13.1. The van der Waals surface area contributed by atoms with Gasteiger partial charge in [-0.3, -0.25) is 0 Å². The molecule has 0 radical (unpaired) electrons. The molecule has 1 aromatic carbocycles. The second kappa shape index (κ2) is 5.61. The predicted octanol–water partition coefficient (Wildman–Crippen LogP) is 2.63. The first kappa shape index (κ1) is 14.1. The first-order valence-electron chi connectivity index (χ1n) is 6.01. The first-order chi connectivity index (χ1) is 7.83. The van der Waals surface area contributed by atoms with Crippen LogP contribution in [0.15, 0.2) is 18.2 Å². The molecule has 1 unspecified atom stereocenters. The van der Waals surface area contributed by atoms with E-state index in [1.54, 1.807) is 13.0 Å². The molecule has 0 fully saturated rings. The summed E-state index contributed by atoms with van der Waals surface area (Å²) in [7, 11) is 0. The number of hydrogen-bond donors (Lipinski definition) is 2. The van der Waals surface area contributed by atoms with Crippen molar-refractivity contribution in [2.24, 2.45) is 5.92 Å². The fourth-order valence-electron chi connectivity index (χ4n) is 1.48. The minimum absolute atomic E-state index is 0.178. The molecule has 3 heteroatoms. The van der Waals surface area contributed by atoms with Crippen LogP contribution in [-0.2, 0) is 6.54 Å². The van der Waals surface area contributed by atoms with Crippen LogP contribution in [0.1, 0.15) is 31.9 Å². The SMILES string of the molecule is Cc1cc(CNCC(C)(O)C(C)C)ccc1F. The van der Waals surface area contributed by atoms with E-state index in [0.29, 0.717) is 18.7 Å². The lowest BCUT2D eigenvalue weighted by atomic mass is 9.92. The fraction of sp³-hybridized carbons (Fsp3) is 0.571. The number of aryl methyl sites for hydroxylation is 1. The Morgan fingerprint density at radius 2 is 2.06 bits per heavy atom. The monoisotopic (exact) mass is 239 g/mol. The van der Waals surface area contributed by atoms with Crippen LogP contribution in [0.5, 0.6) is 0 Å². The second-order valence-corrected chi connectivity index (χ2v) is 5.20. The van der Waals surface area contributed by atoms with Crippen molar-refractivity contribution in [3.63, 3.8) is 0 Å². The van der Waals surface area contributed by atoms with Gasteiger partial charge in [-0.25, -0.2) is 4.39 Å². The van der Waals surface area contributed by atoms with E-state index in [4.69, 9.17) is 0 Å². The van der Waals surface area contributed by atoms with E-state index in [9.17, 15) is 9.50 Å². The summed E-state index contributed by atoms with van der Waals surface area (Å²) >= 11 is 0. The lowest BCUT2D eigenvalue weighted by Gasteiger charge is -2.28. The van der Waals surface area contributed by atoms with Gasteiger partial charge in [0.15, 0.2) is 0 Å². The average molecular weight is 239 g/mol. The number of halogens is 1. The fourth-order valence-corrected chi connectivity index (χ4v) is 1.48. The quantitative estimate of drug-likeness (QED) is 0.828. The Morgan fingerprint density at radius 3 is 2.59 bits per heavy atom. The van der Waals surface area contributed by atoms with Gasteiger partial charge >= 0.3 is 0 Å². The molecule has 0 heterocycles. The highest BCUT2D eigenvalue weighted by molar-refractivity contribution is 5.23. The molecular formula is C14H22FNO. The summed E-state index contributed by atoms with van der Waals surface area (Å²) < 4.78 is 13.1. The van der Waals surface area contributed by atoms with Gasteiger partial charge in [0.25, 0.3) is 0 Å². The molecule has 1 rings (SSSR count). The molecule has 1 atom stereocenters. The van der Waals surface area contributed by atoms with Crippen molar-refractivity contribution in [2.45, 2.75) is 39.8 Å². The van der Waals surface area contributed by atoms with Crippen molar-refractivity contribution >= 4 is 0 Å². The van der Waals surface area contributed by atoms with Crippen LogP contribution in [-0.4, -0.2) is 17.3 Å².